The monoisotopic (exact) mass is 354 g/mol. The van der Waals surface area contributed by atoms with Crippen LogP contribution >= 0.6 is 0 Å². The Morgan fingerprint density at radius 2 is 1.65 bits per heavy atom. The molecule has 0 spiro atoms. The van der Waals surface area contributed by atoms with Crippen LogP contribution in [0.2, 0.25) is 0 Å². The summed E-state index contributed by atoms with van der Waals surface area (Å²) in [6.45, 7) is 12.5. The molecule has 2 aromatic rings. The fraction of sp³-hybridized carbons (Fsp3) is 0.500. The van der Waals surface area contributed by atoms with Crippen LogP contribution in [0.25, 0.3) is 0 Å². The van der Waals surface area contributed by atoms with Crippen molar-refractivity contribution in [2.24, 2.45) is 0 Å². The maximum absolute atomic E-state index is 4.56. The van der Waals surface area contributed by atoms with Crippen molar-refractivity contribution in [2.75, 3.05) is 61.4 Å². The Balaban J connectivity index is 1.71. The number of aryl methyl sites for hydroxylation is 1. The molecule has 0 atom stereocenters. The van der Waals surface area contributed by atoms with E-state index in [1.807, 2.05) is 13.0 Å². The minimum atomic E-state index is 0.783. The van der Waals surface area contributed by atoms with Gasteiger partial charge in [-0.05, 0) is 52.1 Å². The van der Waals surface area contributed by atoms with Crippen molar-refractivity contribution in [3.63, 3.8) is 0 Å². The Morgan fingerprint density at radius 1 is 1.00 bits per heavy atom. The van der Waals surface area contributed by atoms with E-state index in [4.69, 9.17) is 0 Å². The first kappa shape index (κ1) is 18.5. The molecule has 1 aromatic heterocycles. The Bertz CT molecular complexity index is 703. The number of nitrogens with one attached hydrogen (secondary N) is 1. The summed E-state index contributed by atoms with van der Waals surface area (Å²) in [6.07, 6.45) is 0. The van der Waals surface area contributed by atoms with Gasteiger partial charge in [0.25, 0.3) is 0 Å². The fourth-order valence-electron chi connectivity index (χ4n) is 3.29. The van der Waals surface area contributed by atoms with Gasteiger partial charge >= 0.3 is 0 Å². The van der Waals surface area contributed by atoms with Crippen LogP contribution in [0, 0.1) is 6.92 Å². The van der Waals surface area contributed by atoms with Crippen molar-refractivity contribution in [1.82, 2.24) is 14.9 Å². The summed E-state index contributed by atoms with van der Waals surface area (Å²) in [5.41, 5.74) is 2.33. The van der Waals surface area contributed by atoms with E-state index >= 15 is 0 Å². The number of rotatable bonds is 6. The molecule has 1 aromatic carbocycles. The maximum atomic E-state index is 4.56. The Kier molecular flexibility index (Phi) is 5.93. The fourth-order valence-corrected chi connectivity index (χ4v) is 3.29. The van der Waals surface area contributed by atoms with E-state index in [1.165, 1.54) is 5.69 Å². The number of piperazine rings is 1. The second kappa shape index (κ2) is 8.36. The molecule has 1 saturated heterocycles. The Labute approximate surface area is 156 Å². The van der Waals surface area contributed by atoms with Crippen LogP contribution < -0.4 is 15.1 Å². The largest absolute Gasteiger partial charge is 0.369 e. The van der Waals surface area contributed by atoms with E-state index in [0.29, 0.717) is 0 Å². The van der Waals surface area contributed by atoms with Gasteiger partial charge in [-0.1, -0.05) is 0 Å². The predicted octanol–water partition coefficient (Wildman–Crippen LogP) is 3.13. The van der Waals surface area contributed by atoms with Gasteiger partial charge in [-0.25, -0.2) is 9.97 Å². The van der Waals surface area contributed by atoms with Gasteiger partial charge in [0, 0.05) is 56.7 Å². The van der Waals surface area contributed by atoms with Crippen LogP contribution in [0.5, 0.6) is 0 Å². The third-order valence-corrected chi connectivity index (χ3v) is 4.92. The standard InChI is InChI=1S/C20H30N6/c1-5-25(6-2)20-15-19(21-16(3)22-20)23-17-7-9-18(10-8-17)26-13-11-24(4)12-14-26/h7-10,15H,5-6,11-14H2,1-4H3,(H,21,22,23). The van der Waals surface area contributed by atoms with Gasteiger partial charge < -0.3 is 20.0 Å². The van der Waals surface area contributed by atoms with Crippen molar-refractivity contribution in [3.8, 4) is 0 Å². The molecule has 140 valence electrons. The molecule has 0 aliphatic carbocycles. The molecule has 1 aliphatic rings. The number of benzene rings is 1. The molecule has 1 aliphatic heterocycles. The molecule has 0 saturated carbocycles. The number of aromatic nitrogens is 2. The van der Waals surface area contributed by atoms with Crippen LogP contribution in [0.1, 0.15) is 19.7 Å². The van der Waals surface area contributed by atoms with Gasteiger partial charge in [0.2, 0.25) is 0 Å². The van der Waals surface area contributed by atoms with Crippen LogP contribution in [0.3, 0.4) is 0 Å². The average molecular weight is 355 g/mol. The Morgan fingerprint density at radius 3 is 2.27 bits per heavy atom. The van der Waals surface area contributed by atoms with E-state index in [9.17, 15) is 0 Å². The summed E-state index contributed by atoms with van der Waals surface area (Å²) in [6, 6.07) is 10.7. The highest BCUT2D eigenvalue weighted by Crippen LogP contribution is 2.23. The maximum Gasteiger partial charge on any atom is 0.136 e. The van der Waals surface area contributed by atoms with Crippen molar-refractivity contribution in [3.05, 3.63) is 36.2 Å². The van der Waals surface area contributed by atoms with E-state index in [-0.39, 0.29) is 0 Å². The lowest BCUT2D eigenvalue weighted by Crippen LogP contribution is -2.44. The quantitative estimate of drug-likeness (QED) is 0.860. The van der Waals surface area contributed by atoms with Gasteiger partial charge in [-0.3, -0.25) is 0 Å². The Hall–Kier alpha value is -2.34. The predicted molar refractivity (Wildman–Crippen MR) is 110 cm³/mol. The van der Waals surface area contributed by atoms with Gasteiger partial charge in [-0.15, -0.1) is 0 Å². The second-order valence-electron chi connectivity index (χ2n) is 6.79. The summed E-state index contributed by atoms with van der Waals surface area (Å²) >= 11 is 0. The first-order valence-corrected chi connectivity index (χ1v) is 9.50. The van der Waals surface area contributed by atoms with Crippen LogP contribution in [-0.2, 0) is 0 Å². The topological polar surface area (TPSA) is 47.5 Å². The molecule has 3 rings (SSSR count). The lowest BCUT2D eigenvalue weighted by atomic mass is 10.2. The third kappa shape index (κ3) is 4.43. The number of hydrogen-bond donors (Lipinski definition) is 1. The molecular weight excluding hydrogens is 324 g/mol. The lowest BCUT2D eigenvalue weighted by molar-refractivity contribution is 0.313. The van der Waals surface area contributed by atoms with Crippen molar-refractivity contribution in [1.29, 1.82) is 0 Å². The number of nitrogens with zero attached hydrogens (tertiary/aromatic N) is 5. The van der Waals surface area contributed by atoms with Crippen LogP contribution in [0.15, 0.2) is 30.3 Å². The highest BCUT2D eigenvalue weighted by molar-refractivity contribution is 5.63. The molecule has 2 heterocycles. The first-order valence-electron chi connectivity index (χ1n) is 9.50. The van der Waals surface area contributed by atoms with Gasteiger partial charge in [0.15, 0.2) is 0 Å². The van der Waals surface area contributed by atoms with Gasteiger partial charge in [0.1, 0.15) is 17.5 Å². The highest BCUT2D eigenvalue weighted by Gasteiger charge is 2.14. The first-order chi connectivity index (χ1) is 12.6. The smallest absolute Gasteiger partial charge is 0.136 e. The molecule has 0 radical (unpaired) electrons. The molecular formula is C20H30N6. The summed E-state index contributed by atoms with van der Waals surface area (Å²) in [5.74, 6) is 2.59. The highest BCUT2D eigenvalue weighted by atomic mass is 15.2. The summed E-state index contributed by atoms with van der Waals surface area (Å²) < 4.78 is 0. The van der Waals surface area contributed by atoms with Crippen LogP contribution in [0.4, 0.5) is 23.0 Å². The SMILES string of the molecule is CCN(CC)c1cc(Nc2ccc(N3CCN(C)CC3)cc2)nc(C)n1. The average Bonchev–Trinajstić information content (AvgIpc) is 2.64. The van der Waals surface area contributed by atoms with Gasteiger partial charge in [0.05, 0.1) is 0 Å². The molecule has 26 heavy (non-hydrogen) atoms. The van der Waals surface area contributed by atoms with E-state index in [2.05, 4.69) is 75.1 Å². The molecule has 1 fully saturated rings. The number of hydrogen-bond acceptors (Lipinski definition) is 6. The summed E-state index contributed by atoms with van der Waals surface area (Å²) in [4.78, 5) is 16.1. The summed E-state index contributed by atoms with van der Waals surface area (Å²) in [5, 5.41) is 3.42. The normalized spacial score (nSPS) is 15.2. The zero-order valence-corrected chi connectivity index (χ0v) is 16.4. The van der Waals surface area contributed by atoms with Crippen molar-refractivity contribution >= 4 is 23.0 Å². The summed E-state index contributed by atoms with van der Waals surface area (Å²) in [7, 11) is 2.18. The molecule has 0 amide bonds. The molecule has 6 nitrogen and oxygen atoms in total. The molecule has 1 N–H and O–H groups in total. The van der Waals surface area contributed by atoms with E-state index < -0.39 is 0 Å². The number of likely N-dealkylation sites (N-methyl/N-ethyl adjacent to an activating group) is 1. The second-order valence-corrected chi connectivity index (χ2v) is 6.79. The zero-order valence-electron chi connectivity index (χ0n) is 16.4. The van der Waals surface area contributed by atoms with Crippen molar-refractivity contribution in [2.45, 2.75) is 20.8 Å². The third-order valence-electron chi connectivity index (χ3n) is 4.92. The molecule has 6 heteroatoms. The number of anilines is 4. The molecule has 0 bridgehead atoms. The van der Waals surface area contributed by atoms with E-state index in [0.717, 1.165) is 62.4 Å². The minimum Gasteiger partial charge on any atom is -0.369 e. The van der Waals surface area contributed by atoms with E-state index in [1.54, 1.807) is 0 Å². The van der Waals surface area contributed by atoms with Crippen molar-refractivity contribution < 1.29 is 0 Å². The molecule has 0 unspecified atom stereocenters. The van der Waals surface area contributed by atoms with Gasteiger partial charge in [-0.2, -0.15) is 0 Å². The zero-order chi connectivity index (χ0) is 18.5. The lowest BCUT2D eigenvalue weighted by Gasteiger charge is -2.34. The minimum absolute atomic E-state index is 0.783. The van der Waals surface area contributed by atoms with Crippen LogP contribution in [-0.4, -0.2) is 61.2 Å².